The van der Waals surface area contributed by atoms with Gasteiger partial charge in [0.15, 0.2) is 5.78 Å². The van der Waals surface area contributed by atoms with Gasteiger partial charge >= 0.3 is 0 Å². The second-order valence-electron chi connectivity index (χ2n) is 7.41. The average molecular weight is 307 g/mol. The molecule has 120 valence electrons. The summed E-state index contributed by atoms with van der Waals surface area (Å²) in [5.74, 6) is 0.568. The molecule has 2 heterocycles. The van der Waals surface area contributed by atoms with Crippen LogP contribution in [-0.2, 0) is 0 Å². The minimum Gasteiger partial charge on any atom is -0.300 e. The molecule has 2 saturated heterocycles. The lowest BCUT2D eigenvalue weighted by Gasteiger charge is -2.46. The molecule has 2 nitrogen and oxygen atoms in total. The Labute approximate surface area is 138 Å². The zero-order chi connectivity index (χ0) is 16.0. The first kappa shape index (κ1) is 14.9. The van der Waals surface area contributed by atoms with E-state index in [4.69, 9.17) is 0 Å². The third-order valence-corrected chi connectivity index (χ3v) is 6.12. The fourth-order valence-electron chi connectivity index (χ4n) is 4.71. The Bertz CT molecular complexity index is 737. The molecule has 0 aliphatic carbocycles. The summed E-state index contributed by atoms with van der Waals surface area (Å²) >= 11 is 0. The molecule has 2 aromatic carbocycles. The van der Waals surface area contributed by atoms with E-state index in [0.717, 1.165) is 23.8 Å². The number of hydrogen-bond donors (Lipinski definition) is 0. The van der Waals surface area contributed by atoms with Gasteiger partial charge in [0, 0.05) is 23.6 Å². The predicted molar refractivity (Wildman–Crippen MR) is 94.9 cm³/mol. The Morgan fingerprint density at radius 2 is 1.65 bits per heavy atom. The van der Waals surface area contributed by atoms with Gasteiger partial charge < -0.3 is 4.90 Å². The predicted octanol–water partition coefficient (Wildman–Crippen LogP) is 4.59. The van der Waals surface area contributed by atoms with E-state index >= 15 is 0 Å². The van der Waals surface area contributed by atoms with Crippen molar-refractivity contribution in [3.8, 4) is 0 Å². The van der Waals surface area contributed by atoms with Crippen molar-refractivity contribution in [2.75, 3.05) is 7.05 Å². The van der Waals surface area contributed by atoms with Crippen LogP contribution in [-0.4, -0.2) is 29.8 Å². The number of ketones is 1. The zero-order valence-corrected chi connectivity index (χ0v) is 14.1. The Balaban J connectivity index is 1.69. The number of carbonyl (C=O) groups excluding carboxylic acids is 1. The second kappa shape index (κ2) is 5.76. The summed E-state index contributed by atoms with van der Waals surface area (Å²) in [6, 6.07) is 13.7. The SMILES string of the molecule is Cc1ccc(C(=O)C2CC3CCCC(C2)N3C)c2ccccc12. The number of carbonyl (C=O) groups is 1. The summed E-state index contributed by atoms with van der Waals surface area (Å²) in [6.45, 7) is 2.12. The molecule has 2 unspecified atom stereocenters. The van der Waals surface area contributed by atoms with Crippen molar-refractivity contribution < 1.29 is 4.79 Å². The first-order valence-electron chi connectivity index (χ1n) is 8.89. The van der Waals surface area contributed by atoms with Crippen LogP contribution < -0.4 is 0 Å². The first-order valence-corrected chi connectivity index (χ1v) is 8.89. The van der Waals surface area contributed by atoms with Crippen LogP contribution in [0.4, 0.5) is 0 Å². The maximum Gasteiger partial charge on any atom is 0.166 e. The fourth-order valence-corrected chi connectivity index (χ4v) is 4.71. The molecule has 2 aliphatic rings. The molecule has 2 fully saturated rings. The Hall–Kier alpha value is -1.67. The van der Waals surface area contributed by atoms with Gasteiger partial charge in [-0.2, -0.15) is 0 Å². The lowest BCUT2D eigenvalue weighted by Crippen LogP contribution is -2.51. The second-order valence-corrected chi connectivity index (χ2v) is 7.41. The van der Waals surface area contributed by atoms with E-state index in [-0.39, 0.29) is 5.92 Å². The topological polar surface area (TPSA) is 20.3 Å². The first-order chi connectivity index (χ1) is 11.1. The Kier molecular flexibility index (Phi) is 3.73. The van der Waals surface area contributed by atoms with Crippen molar-refractivity contribution in [3.05, 3.63) is 47.5 Å². The third-order valence-electron chi connectivity index (χ3n) is 6.12. The van der Waals surface area contributed by atoms with E-state index in [2.05, 4.69) is 43.1 Å². The van der Waals surface area contributed by atoms with Gasteiger partial charge in [0.05, 0.1) is 0 Å². The van der Waals surface area contributed by atoms with E-state index in [0.29, 0.717) is 17.9 Å². The van der Waals surface area contributed by atoms with E-state index in [9.17, 15) is 4.79 Å². The molecule has 0 saturated carbocycles. The summed E-state index contributed by atoms with van der Waals surface area (Å²) in [6.07, 6.45) is 5.91. The van der Waals surface area contributed by atoms with E-state index in [1.165, 1.54) is 30.2 Å². The number of benzene rings is 2. The third kappa shape index (κ3) is 2.49. The highest BCUT2D eigenvalue weighted by Gasteiger charge is 2.39. The normalized spacial score (nSPS) is 28.0. The summed E-state index contributed by atoms with van der Waals surface area (Å²) in [5, 5.41) is 2.34. The molecular weight excluding hydrogens is 282 g/mol. The largest absolute Gasteiger partial charge is 0.300 e. The zero-order valence-electron chi connectivity index (χ0n) is 14.1. The highest BCUT2D eigenvalue weighted by Crippen LogP contribution is 2.38. The standard InChI is InChI=1S/C21H25NO/c1-14-10-11-20(19-9-4-3-8-18(14)19)21(23)15-12-16-6-5-7-17(13-15)22(16)2/h3-4,8-11,15-17H,5-7,12-13H2,1-2H3. The number of rotatable bonds is 2. The molecule has 2 bridgehead atoms. The molecule has 2 aliphatic heterocycles. The molecule has 0 amide bonds. The smallest absolute Gasteiger partial charge is 0.166 e. The van der Waals surface area contributed by atoms with Crippen molar-refractivity contribution in [1.29, 1.82) is 0 Å². The van der Waals surface area contributed by atoms with E-state index < -0.39 is 0 Å². The maximum absolute atomic E-state index is 13.2. The number of Topliss-reactive ketones (excluding diaryl/α,β-unsaturated/α-hetero) is 1. The maximum atomic E-state index is 13.2. The Morgan fingerprint density at radius 1 is 1.00 bits per heavy atom. The molecule has 2 atom stereocenters. The van der Waals surface area contributed by atoms with Crippen LogP contribution in [0, 0.1) is 12.8 Å². The van der Waals surface area contributed by atoms with Crippen LogP contribution >= 0.6 is 0 Å². The van der Waals surface area contributed by atoms with E-state index in [1.807, 2.05) is 12.1 Å². The average Bonchev–Trinajstić information content (AvgIpc) is 2.55. The number of aryl methyl sites for hydroxylation is 1. The van der Waals surface area contributed by atoms with Gasteiger partial charge in [-0.05, 0) is 56.0 Å². The molecule has 0 spiro atoms. The minimum absolute atomic E-state index is 0.201. The highest BCUT2D eigenvalue weighted by molar-refractivity contribution is 6.09. The van der Waals surface area contributed by atoms with Gasteiger partial charge in [-0.1, -0.05) is 42.8 Å². The molecule has 4 rings (SSSR count). The van der Waals surface area contributed by atoms with Gasteiger partial charge in [0.1, 0.15) is 0 Å². The van der Waals surface area contributed by atoms with Gasteiger partial charge in [-0.3, -0.25) is 4.79 Å². The molecule has 23 heavy (non-hydrogen) atoms. The molecule has 0 radical (unpaired) electrons. The summed E-state index contributed by atoms with van der Waals surface area (Å²) in [5.41, 5.74) is 2.18. The van der Waals surface area contributed by atoms with Gasteiger partial charge in [-0.15, -0.1) is 0 Å². The molecular formula is C21H25NO. The lowest BCUT2D eigenvalue weighted by atomic mass is 9.75. The molecule has 2 heteroatoms. The van der Waals surface area contributed by atoms with E-state index in [1.54, 1.807) is 0 Å². The number of nitrogens with zero attached hydrogens (tertiary/aromatic N) is 1. The molecule has 0 aromatic heterocycles. The number of fused-ring (bicyclic) bond motifs is 3. The lowest BCUT2D eigenvalue weighted by molar-refractivity contribution is 0.0339. The summed E-state index contributed by atoms with van der Waals surface area (Å²) in [4.78, 5) is 15.8. The number of piperidine rings is 2. The molecule has 0 N–H and O–H groups in total. The van der Waals surface area contributed by atoms with Gasteiger partial charge in [-0.25, -0.2) is 0 Å². The quantitative estimate of drug-likeness (QED) is 0.756. The van der Waals surface area contributed by atoms with Crippen LogP contribution in [0.1, 0.15) is 48.0 Å². The molecule has 2 aromatic rings. The summed E-state index contributed by atoms with van der Waals surface area (Å²) < 4.78 is 0. The van der Waals surface area contributed by atoms with Crippen LogP contribution in [0.3, 0.4) is 0 Å². The Morgan fingerprint density at radius 3 is 2.35 bits per heavy atom. The van der Waals surface area contributed by atoms with Crippen LogP contribution in [0.2, 0.25) is 0 Å². The van der Waals surface area contributed by atoms with Crippen molar-refractivity contribution in [1.82, 2.24) is 4.90 Å². The van der Waals surface area contributed by atoms with Crippen molar-refractivity contribution in [3.63, 3.8) is 0 Å². The number of hydrogen-bond acceptors (Lipinski definition) is 2. The van der Waals surface area contributed by atoms with Crippen LogP contribution in [0.25, 0.3) is 10.8 Å². The van der Waals surface area contributed by atoms with Crippen LogP contribution in [0.15, 0.2) is 36.4 Å². The van der Waals surface area contributed by atoms with Crippen molar-refractivity contribution in [2.24, 2.45) is 5.92 Å². The van der Waals surface area contributed by atoms with Gasteiger partial charge in [0.2, 0.25) is 0 Å². The van der Waals surface area contributed by atoms with Crippen molar-refractivity contribution in [2.45, 2.75) is 51.1 Å². The fraction of sp³-hybridized carbons (Fsp3) is 0.476. The minimum atomic E-state index is 0.201. The summed E-state index contributed by atoms with van der Waals surface area (Å²) in [7, 11) is 2.25. The van der Waals surface area contributed by atoms with Crippen LogP contribution in [0.5, 0.6) is 0 Å². The highest BCUT2D eigenvalue weighted by atomic mass is 16.1. The van der Waals surface area contributed by atoms with Gasteiger partial charge in [0.25, 0.3) is 0 Å². The monoisotopic (exact) mass is 307 g/mol. The van der Waals surface area contributed by atoms with Crippen molar-refractivity contribution >= 4 is 16.6 Å².